The van der Waals surface area contributed by atoms with E-state index in [2.05, 4.69) is 35.5 Å². The van der Waals surface area contributed by atoms with Gasteiger partial charge in [-0.25, -0.2) is 4.52 Å². The summed E-state index contributed by atoms with van der Waals surface area (Å²) in [5.74, 6) is 0. The van der Waals surface area contributed by atoms with Crippen molar-refractivity contribution in [3.05, 3.63) is 54.9 Å². The summed E-state index contributed by atoms with van der Waals surface area (Å²) in [5, 5.41) is 7.61. The number of para-hydroxylation sites is 1. The van der Waals surface area contributed by atoms with Gasteiger partial charge in [-0.1, -0.05) is 36.4 Å². The molecule has 4 aromatic rings. The second-order valence-corrected chi connectivity index (χ2v) is 4.06. The molecule has 0 fully saturated rings. The molecule has 2 heterocycles. The molecule has 3 nitrogen and oxygen atoms in total. The highest BCUT2D eigenvalue weighted by atomic mass is 16.5. The van der Waals surface area contributed by atoms with Gasteiger partial charge in [-0.3, -0.25) is 0 Å². The fraction of sp³-hybridized carbons (Fsp3) is 0. The second kappa shape index (κ2) is 3.04. The SMILES string of the molecule is c1ccc2c(c1)c1ccccc1[n+]1conc21. The van der Waals surface area contributed by atoms with Crippen molar-refractivity contribution < 1.29 is 8.92 Å². The summed E-state index contributed by atoms with van der Waals surface area (Å²) in [6.45, 7) is 0. The van der Waals surface area contributed by atoms with Crippen molar-refractivity contribution in [2.45, 2.75) is 0 Å². The number of nitrogens with zero attached hydrogens (tertiary/aromatic N) is 2. The van der Waals surface area contributed by atoms with Crippen LogP contribution in [0.25, 0.3) is 27.3 Å². The first kappa shape index (κ1) is 8.70. The molecule has 0 bridgehead atoms. The quantitative estimate of drug-likeness (QED) is 0.337. The zero-order chi connectivity index (χ0) is 11.2. The summed E-state index contributed by atoms with van der Waals surface area (Å²) in [6, 6.07) is 16.5. The third-order valence-corrected chi connectivity index (χ3v) is 3.14. The lowest BCUT2D eigenvalue weighted by molar-refractivity contribution is -0.486. The Kier molecular flexibility index (Phi) is 1.56. The van der Waals surface area contributed by atoms with Crippen molar-refractivity contribution >= 4 is 27.3 Å². The Balaban J connectivity index is 2.48. The lowest BCUT2D eigenvalue weighted by Crippen LogP contribution is -2.19. The normalized spacial score (nSPS) is 11.5. The van der Waals surface area contributed by atoms with Gasteiger partial charge in [-0.15, -0.1) is 0 Å². The van der Waals surface area contributed by atoms with Crippen molar-refractivity contribution in [1.82, 2.24) is 5.16 Å². The maximum Gasteiger partial charge on any atom is 0.385 e. The van der Waals surface area contributed by atoms with Gasteiger partial charge in [0.25, 0.3) is 0 Å². The van der Waals surface area contributed by atoms with Gasteiger partial charge < -0.3 is 0 Å². The zero-order valence-electron chi connectivity index (χ0n) is 9.00. The smallest absolute Gasteiger partial charge is 0.221 e. The number of hydrogen-bond donors (Lipinski definition) is 0. The highest BCUT2D eigenvalue weighted by Crippen LogP contribution is 2.24. The van der Waals surface area contributed by atoms with E-state index in [-0.39, 0.29) is 0 Å². The molecule has 0 aliphatic heterocycles. The van der Waals surface area contributed by atoms with E-state index >= 15 is 0 Å². The predicted molar refractivity (Wildman–Crippen MR) is 64.7 cm³/mol. The maximum atomic E-state index is 5.09. The Morgan fingerprint density at radius 3 is 2.41 bits per heavy atom. The van der Waals surface area contributed by atoms with E-state index in [1.807, 2.05) is 22.6 Å². The van der Waals surface area contributed by atoms with Crippen LogP contribution in [0.5, 0.6) is 0 Å². The van der Waals surface area contributed by atoms with Gasteiger partial charge in [-0.05, 0) is 12.1 Å². The van der Waals surface area contributed by atoms with Crippen LogP contribution >= 0.6 is 0 Å². The van der Waals surface area contributed by atoms with Crippen LogP contribution in [-0.2, 0) is 0 Å². The molecule has 4 rings (SSSR count). The largest absolute Gasteiger partial charge is 0.385 e. The summed E-state index contributed by atoms with van der Waals surface area (Å²) >= 11 is 0. The van der Waals surface area contributed by atoms with Crippen LogP contribution in [0, 0.1) is 0 Å². The summed E-state index contributed by atoms with van der Waals surface area (Å²) in [6.07, 6.45) is 1.64. The van der Waals surface area contributed by atoms with Crippen molar-refractivity contribution in [1.29, 1.82) is 0 Å². The van der Waals surface area contributed by atoms with Crippen LogP contribution in [0.2, 0.25) is 0 Å². The van der Waals surface area contributed by atoms with Gasteiger partial charge in [0.2, 0.25) is 0 Å². The minimum absolute atomic E-state index is 0.860. The van der Waals surface area contributed by atoms with Crippen molar-refractivity contribution in [3.8, 4) is 0 Å². The van der Waals surface area contributed by atoms with Crippen LogP contribution in [-0.4, -0.2) is 5.16 Å². The van der Waals surface area contributed by atoms with Gasteiger partial charge in [-0.2, -0.15) is 4.40 Å². The summed E-state index contributed by atoms with van der Waals surface area (Å²) < 4.78 is 7.08. The molecule has 2 aromatic heterocycles. The number of fused-ring (bicyclic) bond motifs is 6. The molecular formula is C14H9N2O+. The number of benzene rings is 2. The molecule has 0 aliphatic carbocycles. The van der Waals surface area contributed by atoms with E-state index in [9.17, 15) is 0 Å². The lowest BCUT2D eigenvalue weighted by atomic mass is 10.1. The highest BCUT2D eigenvalue weighted by Gasteiger charge is 2.17. The van der Waals surface area contributed by atoms with Crippen LogP contribution in [0.3, 0.4) is 0 Å². The Hall–Kier alpha value is -2.42. The first-order valence-corrected chi connectivity index (χ1v) is 5.50. The molecule has 17 heavy (non-hydrogen) atoms. The Bertz CT molecular complexity index is 779. The standard InChI is InChI=1S/C14H9N2O/c1-2-7-12-10(5-1)11-6-3-4-8-13(11)16-9-17-15-14(12)16/h1-9H/q+1. The zero-order valence-corrected chi connectivity index (χ0v) is 9.00. The molecule has 0 unspecified atom stereocenters. The summed E-state index contributed by atoms with van der Waals surface area (Å²) in [7, 11) is 0. The molecule has 3 heteroatoms. The highest BCUT2D eigenvalue weighted by molar-refractivity contribution is 6.08. The average Bonchev–Trinajstić information content (AvgIpc) is 2.89. The van der Waals surface area contributed by atoms with Gasteiger partial charge in [0, 0.05) is 10.8 Å². The van der Waals surface area contributed by atoms with Crippen molar-refractivity contribution in [2.24, 2.45) is 0 Å². The maximum absolute atomic E-state index is 5.09. The Morgan fingerprint density at radius 2 is 1.53 bits per heavy atom. The van der Waals surface area contributed by atoms with Crippen LogP contribution in [0.4, 0.5) is 0 Å². The van der Waals surface area contributed by atoms with E-state index < -0.39 is 0 Å². The van der Waals surface area contributed by atoms with E-state index in [0.717, 1.165) is 16.6 Å². The number of hydrogen-bond acceptors (Lipinski definition) is 2. The monoisotopic (exact) mass is 221 g/mol. The molecule has 0 N–H and O–H groups in total. The third kappa shape index (κ3) is 1.05. The summed E-state index contributed by atoms with van der Waals surface area (Å²) in [4.78, 5) is 0. The van der Waals surface area contributed by atoms with E-state index in [0.29, 0.717) is 0 Å². The molecule has 0 saturated heterocycles. The van der Waals surface area contributed by atoms with Gasteiger partial charge in [0.15, 0.2) is 5.16 Å². The van der Waals surface area contributed by atoms with Crippen molar-refractivity contribution in [3.63, 3.8) is 0 Å². The molecule has 0 aliphatic rings. The molecule has 0 amide bonds. The lowest BCUT2D eigenvalue weighted by Gasteiger charge is -2.00. The molecule has 0 saturated carbocycles. The second-order valence-electron chi connectivity index (χ2n) is 4.06. The van der Waals surface area contributed by atoms with Gasteiger partial charge in [0.05, 0.1) is 5.39 Å². The van der Waals surface area contributed by atoms with Gasteiger partial charge in [0.1, 0.15) is 5.52 Å². The molecular weight excluding hydrogens is 212 g/mol. The van der Waals surface area contributed by atoms with Crippen LogP contribution in [0.15, 0.2) is 59.4 Å². The topological polar surface area (TPSA) is 30.1 Å². The molecule has 0 atom stereocenters. The van der Waals surface area contributed by atoms with Crippen molar-refractivity contribution in [2.75, 3.05) is 0 Å². The fourth-order valence-electron chi connectivity index (χ4n) is 2.39. The van der Waals surface area contributed by atoms with E-state index in [4.69, 9.17) is 4.52 Å². The molecule has 80 valence electrons. The minimum Gasteiger partial charge on any atom is -0.221 e. The fourth-order valence-corrected chi connectivity index (χ4v) is 2.39. The predicted octanol–water partition coefficient (Wildman–Crippen LogP) is 2.72. The van der Waals surface area contributed by atoms with E-state index in [1.54, 1.807) is 6.39 Å². The summed E-state index contributed by atoms with van der Waals surface area (Å²) in [5.41, 5.74) is 1.97. The number of rotatable bonds is 0. The van der Waals surface area contributed by atoms with Crippen LogP contribution < -0.4 is 4.40 Å². The first-order chi connectivity index (χ1) is 8.45. The number of aromatic nitrogens is 2. The van der Waals surface area contributed by atoms with E-state index in [1.165, 1.54) is 10.8 Å². The third-order valence-electron chi connectivity index (χ3n) is 3.14. The number of pyridine rings is 1. The first-order valence-electron chi connectivity index (χ1n) is 5.50. The molecule has 2 aromatic carbocycles. The average molecular weight is 221 g/mol. The van der Waals surface area contributed by atoms with Gasteiger partial charge >= 0.3 is 12.0 Å². The Morgan fingerprint density at radius 1 is 0.824 bits per heavy atom. The van der Waals surface area contributed by atoms with Crippen LogP contribution in [0.1, 0.15) is 0 Å². The minimum atomic E-state index is 0.860. The molecule has 0 radical (unpaired) electrons. The molecule has 0 spiro atoms. The Labute approximate surface area is 96.9 Å².